The minimum atomic E-state index is -0.546. The fourth-order valence-electron chi connectivity index (χ4n) is 2.53. The van der Waals surface area contributed by atoms with Gasteiger partial charge in [-0.3, -0.25) is 0 Å². The number of pyridine rings is 1. The first-order chi connectivity index (χ1) is 11.0. The van der Waals surface area contributed by atoms with E-state index in [9.17, 15) is 4.79 Å². The number of nitrogens with two attached hydrogens (primary N) is 1. The summed E-state index contributed by atoms with van der Waals surface area (Å²) < 4.78 is 11.4. The van der Waals surface area contributed by atoms with Crippen LogP contribution in [0.25, 0.3) is 0 Å². The van der Waals surface area contributed by atoms with Gasteiger partial charge in [-0.1, -0.05) is 13.8 Å². The van der Waals surface area contributed by atoms with Crippen LogP contribution in [-0.2, 0) is 4.74 Å². The third-order valence-corrected chi connectivity index (χ3v) is 3.79. The number of nitrogens with zero attached hydrogens (tertiary/aromatic N) is 3. The molecule has 7 heteroatoms. The first kappa shape index (κ1) is 17.9. The zero-order chi connectivity index (χ0) is 18.1. The fourth-order valence-corrected chi connectivity index (χ4v) is 2.53. The molecule has 2 heterocycles. The summed E-state index contributed by atoms with van der Waals surface area (Å²) in [5.41, 5.74) is 5.38. The largest absolute Gasteiger partial charge is 0.484 e. The molecule has 1 fully saturated rings. The lowest BCUT2D eigenvalue weighted by Gasteiger charge is -2.26. The van der Waals surface area contributed by atoms with Crippen LogP contribution in [0, 0.1) is 16.7 Å². The number of likely N-dealkylation sites (tertiary alicyclic amines) is 1. The van der Waals surface area contributed by atoms with Crippen LogP contribution in [0.1, 0.15) is 40.2 Å². The quantitative estimate of drug-likeness (QED) is 0.893. The van der Waals surface area contributed by atoms with E-state index < -0.39 is 5.60 Å². The predicted octanol–water partition coefficient (Wildman–Crippen LogP) is 2.56. The second-order valence-corrected chi connectivity index (χ2v) is 7.68. The Labute approximate surface area is 142 Å². The van der Waals surface area contributed by atoms with Crippen molar-refractivity contribution in [3.8, 4) is 11.8 Å². The maximum atomic E-state index is 12.3. The minimum absolute atomic E-state index is 0.223. The molecular weight excluding hydrogens is 308 g/mol. The highest BCUT2D eigenvalue weighted by Gasteiger charge is 2.44. The summed E-state index contributed by atoms with van der Waals surface area (Å²) in [4.78, 5) is 17.9. The lowest BCUT2D eigenvalue weighted by molar-refractivity contribution is 0.0272. The molecule has 1 aromatic heterocycles. The number of carbonyl (C=O) groups excluding carboxylic acids is 1. The number of aromatic nitrogens is 1. The Morgan fingerprint density at radius 2 is 2.17 bits per heavy atom. The molecule has 1 aromatic rings. The Morgan fingerprint density at radius 3 is 2.75 bits per heavy atom. The maximum Gasteiger partial charge on any atom is 0.410 e. The van der Waals surface area contributed by atoms with Crippen molar-refractivity contribution < 1.29 is 14.3 Å². The molecule has 2 rings (SSSR count). The van der Waals surface area contributed by atoms with Crippen LogP contribution in [0.15, 0.2) is 12.3 Å². The minimum Gasteiger partial charge on any atom is -0.484 e. The second-order valence-electron chi connectivity index (χ2n) is 7.68. The smallest absolute Gasteiger partial charge is 0.410 e. The van der Waals surface area contributed by atoms with E-state index in [0.29, 0.717) is 24.4 Å². The van der Waals surface area contributed by atoms with Gasteiger partial charge in [-0.25, -0.2) is 9.78 Å². The van der Waals surface area contributed by atoms with Gasteiger partial charge in [0.05, 0.1) is 12.1 Å². The second kappa shape index (κ2) is 6.19. The summed E-state index contributed by atoms with van der Waals surface area (Å²) in [6.45, 7) is 10.4. The molecule has 1 amide bonds. The van der Waals surface area contributed by atoms with E-state index in [2.05, 4.69) is 4.98 Å². The lowest BCUT2D eigenvalue weighted by atomic mass is 9.90. The molecule has 1 aliphatic rings. The van der Waals surface area contributed by atoms with Gasteiger partial charge in [0, 0.05) is 24.2 Å². The molecule has 0 unspecified atom stereocenters. The van der Waals surface area contributed by atoms with Gasteiger partial charge in [0.2, 0.25) is 0 Å². The van der Waals surface area contributed by atoms with Gasteiger partial charge in [-0.15, -0.1) is 0 Å². The number of nitriles is 1. The van der Waals surface area contributed by atoms with Crippen LogP contribution < -0.4 is 10.5 Å². The van der Waals surface area contributed by atoms with Crippen molar-refractivity contribution >= 4 is 11.9 Å². The molecule has 0 aliphatic carbocycles. The first-order valence-corrected chi connectivity index (χ1v) is 7.82. The monoisotopic (exact) mass is 332 g/mol. The van der Waals surface area contributed by atoms with E-state index in [4.69, 9.17) is 20.5 Å². The molecular formula is C17H24N4O3. The van der Waals surface area contributed by atoms with Gasteiger partial charge in [-0.05, 0) is 20.8 Å². The highest BCUT2D eigenvalue weighted by Crippen LogP contribution is 2.35. The van der Waals surface area contributed by atoms with Crippen LogP contribution in [-0.4, -0.2) is 40.8 Å². The summed E-state index contributed by atoms with van der Waals surface area (Å²) >= 11 is 0. The average molecular weight is 332 g/mol. The van der Waals surface area contributed by atoms with E-state index >= 15 is 0 Å². The molecule has 0 bridgehead atoms. The Hall–Kier alpha value is -2.49. The van der Waals surface area contributed by atoms with Crippen molar-refractivity contribution in [1.29, 1.82) is 5.26 Å². The van der Waals surface area contributed by atoms with E-state index in [1.807, 2.05) is 40.7 Å². The van der Waals surface area contributed by atoms with Crippen LogP contribution >= 0.6 is 0 Å². The molecule has 1 saturated heterocycles. The van der Waals surface area contributed by atoms with Crippen LogP contribution in [0.4, 0.5) is 10.6 Å². The molecule has 1 aliphatic heterocycles. The molecule has 0 radical (unpaired) electrons. The number of hydrogen-bond donors (Lipinski definition) is 1. The maximum absolute atomic E-state index is 12.3. The number of nitrogen functional groups attached to an aromatic ring is 1. The Bertz CT molecular complexity index is 673. The van der Waals surface area contributed by atoms with Gasteiger partial charge in [0.15, 0.2) is 11.6 Å². The topological polar surface area (TPSA) is 101 Å². The van der Waals surface area contributed by atoms with Gasteiger partial charge in [0.1, 0.15) is 17.8 Å². The first-order valence-electron chi connectivity index (χ1n) is 7.82. The molecule has 0 spiro atoms. The number of hydrogen-bond acceptors (Lipinski definition) is 6. The zero-order valence-corrected chi connectivity index (χ0v) is 14.8. The predicted molar refractivity (Wildman–Crippen MR) is 89.4 cm³/mol. The summed E-state index contributed by atoms with van der Waals surface area (Å²) in [5, 5.41) is 8.98. The van der Waals surface area contributed by atoms with Crippen molar-refractivity contribution in [3.63, 3.8) is 0 Å². The van der Waals surface area contributed by atoms with Crippen molar-refractivity contribution in [2.75, 3.05) is 18.8 Å². The van der Waals surface area contributed by atoms with Crippen molar-refractivity contribution in [2.45, 2.75) is 46.3 Å². The van der Waals surface area contributed by atoms with Gasteiger partial charge < -0.3 is 20.1 Å². The normalized spacial score (nSPS) is 19.7. The summed E-state index contributed by atoms with van der Waals surface area (Å²) in [6, 6.07) is 3.57. The standard InChI is InChI=1S/C17H24N4O3/c1-16(2,3)24-15(22)21-9-13(17(4,5)10-21)23-12-6-11(7-18)8-20-14(12)19/h6,8,13H,9-10H2,1-5H3,(H2,19,20)/t13-/m0/s1. The Kier molecular flexibility index (Phi) is 4.61. The summed E-state index contributed by atoms with van der Waals surface area (Å²) in [7, 11) is 0. The van der Waals surface area contributed by atoms with Gasteiger partial charge in [0.25, 0.3) is 0 Å². The van der Waals surface area contributed by atoms with E-state index in [1.54, 1.807) is 11.0 Å². The number of ether oxygens (including phenoxy) is 2. The van der Waals surface area contributed by atoms with E-state index in [0.717, 1.165) is 0 Å². The Morgan fingerprint density at radius 1 is 1.50 bits per heavy atom. The van der Waals surface area contributed by atoms with Crippen LogP contribution in [0.5, 0.6) is 5.75 Å². The highest BCUT2D eigenvalue weighted by atomic mass is 16.6. The van der Waals surface area contributed by atoms with Crippen molar-refractivity contribution in [3.05, 3.63) is 17.8 Å². The van der Waals surface area contributed by atoms with Crippen molar-refractivity contribution in [1.82, 2.24) is 9.88 Å². The fraction of sp³-hybridized carbons (Fsp3) is 0.588. The van der Waals surface area contributed by atoms with Gasteiger partial charge >= 0.3 is 6.09 Å². The average Bonchev–Trinajstić information content (AvgIpc) is 2.75. The number of amides is 1. The zero-order valence-electron chi connectivity index (χ0n) is 14.8. The molecule has 0 aromatic carbocycles. The van der Waals surface area contributed by atoms with Crippen molar-refractivity contribution in [2.24, 2.45) is 5.41 Å². The number of anilines is 1. The number of rotatable bonds is 2. The molecule has 1 atom stereocenters. The van der Waals surface area contributed by atoms with E-state index in [1.165, 1.54) is 6.20 Å². The molecule has 0 saturated carbocycles. The van der Waals surface area contributed by atoms with Gasteiger partial charge in [-0.2, -0.15) is 5.26 Å². The molecule has 24 heavy (non-hydrogen) atoms. The van der Waals surface area contributed by atoms with Crippen LogP contribution in [0.2, 0.25) is 0 Å². The number of carbonyl (C=O) groups is 1. The SMILES string of the molecule is CC(C)(C)OC(=O)N1C[C@H](Oc2cc(C#N)cnc2N)C(C)(C)C1. The molecule has 130 valence electrons. The third-order valence-electron chi connectivity index (χ3n) is 3.79. The third kappa shape index (κ3) is 4.07. The van der Waals surface area contributed by atoms with E-state index in [-0.39, 0.29) is 23.4 Å². The molecule has 2 N–H and O–H groups in total. The lowest BCUT2D eigenvalue weighted by Crippen LogP contribution is -2.36. The highest BCUT2D eigenvalue weighted by molar-refractivity contribution is 5.68. The molecule has 7 nitrogen and oxygen atoms in total. The summed E-state index contributed by atoms with van der Waals surface area (Å²) in [6.07, 6.45) is 0.760. The summed E-state index contributed by atoms with van der Waals surface area (Å²) in [5.74, 6) is 0.582. The van der Waals surface area contributed by atoms with Crippen LogP contribution in [0.3, 0.4) is 0 Å². The Balaban J connectivity index is 2.14.